The Bertz CT molecular complexity index is 103. The van der Waals surface area contributed by atoms with Crippen molar-refractivity contribution in [2.75, 3.05) is 0 Å². The molecule has 3 N–H and O–H groups in total. The molecule has 2 heteroatoms. The van der Waals surface area contributed by atoms with Gasteiger partial charge in [0.1, 0.15) is 0 Å². The average molecular weight is 142 g/mol. The highest BCUT2D eigenvalue weighted by Gasteiger charge is 2.25. The van der Waals surface area contributed by atoms with Crippen molar-refractivity contribution in [1.82, 2.24) is 5.43 Å². The molecule has 1 saturated carbocycles. The molecule has 0 radical (unpaired) electrons. The van der Waals surface area contributed by atoms with Crippen LogP contribution < -0.4 is 11.3 Å². The Morgan fingerprint density at radius 2 is 2.00 bits per heavy atom. The van der Waals surface area contributed by atoms with Gasteiger partial charge in [-0.2, -0.15) is 0 Å². The van der Waals surface area contributed by atoms with Gasteiger partial charge < -0.3 is 0 Å². The molecule has 60 valence electrons. The van der Waals surface area contributed by atoms with E-state index in [9.17, 15) is 0 Å². The van der Waals surface area contributed by atoms with Gasteiger partial charge in [-0.3, -0.25) is 11.3 Å². The molecule has 3 atom stereocenters. The maximum atomic E-state index is 5.41. The summed E-state index contributed by atoms with van der Waals surface area (Å²) in [6.07, 6.45) is 3.96. The summed E-state index contributed by atoms with van der Waals surface area (Å²) >= 11 is 0. The summed E-state index contributed by atoms with van der Waals surface area (Å²) in [5.74, 6) is 7.00. The third-order valence-corrected chi connectivity index (χ3v) is 2.92. The molecule has 10 heavy (non-hydrogen) atoms. The van der Waals surface area contributed by atoms with Gasteiger partial charge in [0.05, 0.1) is 0 Å². The number of hydrogen-bond acceptors (Lipinski definition) is 2. The quantitative estimate of drug-likeness (QED) is 0.427. The zero-order valence-electron chi connectivity index (χ0n) is 6.93. The van der Waals surface area contributed by atoms with Crippen LogP contribution in [0.15, 0.2) is 0 Å². The van der Waals surface area contributed by atoms with Crippen LogP contribution >= 0.6 is 0 Å². The van der Waals surface area contributed by atoms with Gasteiger partial charge in [-0.25, -0.2) is 0 Å². The Hall–Kier alpha value is -0.0800. The minimum absolute atomic E-state index is 0.559. The van der Waals surface area contributed by atoms with Gasteiger partial charge in [-0.15, -0.1) is 0 Å². The minimum Gasteiger partial charge on any atom is -0.271 e. The van der Waals surface area contributed by atoms with Crippen LogP contribution in [-0.4, -0.2) is 6.04 Å². The number of hydrogen-bond donors (Lipinski definition) is 2. The van der Waals surface area contributed by atoms with E-state index in [-0.39, 0.29) is 0 Å². The first-order valence-electron chi connectivity index (χ1n) is 4.22. The second-order valence-electron chi connectivity index (χ2n) is 3.54. The molecule has 0 bridgehead atoms. The molecule has 0 saturated heterocycles. The van der Waals surface area contributed by atoms with Crippen LogP contribution in [-0.2, 0) is 0 Å². The molecular weight excluding hydrogens is 124 g/mol. The molecule has 0 spiro atoms. The second kappa shape index (κ2) is 3.35. The maximum absolute atomic E-state index is 5.41. The van der Waals surface area contributed by atoms with Gasteiger partial charge in [0.2, 0.25) is 0 Å². The topological polar surface area (TPSA) is 38.0 Å². The van der Waals surface area contributed by atoms with Gasteiger partial charge in [0.25, 0.3) is 0 Å². The van der Waals surface area contributed by atoms with E-state index in [0.29, 0.717) is 6.04 Å². The van der Waals surface area contributed by atoms with E-state index < -0.39 is 0 Å². The van der Waals surface area contributed by atoms with Crippen LogP contribution in [0.4, 0.5) is 0 Å². The first-order valence-corrected chi connectivity index (χ1v) is 4.22. The Morgan fingerprint density at radius 1 is 1.30 bits per heavy atom. The Balaban J connectivity index is 2.42. The Labute approximate surface area is 63.1 Å². The Morgan fingerprint density at radius 3 is 2.50 bits per heavy atom. The van der Waals surface area contributed by atoms with E-state index in [1.807, 2.05) is 0 Å². The second-order valence-corrected chi connectivity index (χ2v) is 3.54. The number of nitrogens with two attached hydrogens (primary N) is 1. The molecule has 0 aromatic heterocycles. The van der Waals surface area contributed by atoms with Crippen molar-refractivity contribution >= 4 is 0 Å². The van der Waals surface area contributed by atoms with Crippen molar-refractivity contribution in [2.45, 2.75) is 39.2 Å². The molecule has 0 amide bonds. The summed E-state index contributed by atoms with van der Waals surface area (Å²) in [7, 11) is 0. The summed E-state index contributed by atoms with van der Waals surface area (Å²) in [6, 6.07) is 0.559. The van der Waals surface area contributed by atoms with Crippen molar-refractivity contribution in [3.63, 3.8) is 0 Å². The van der Waals surface area contributed by atoms with Gasteiger partial charge in [0, 0.05) is 6.04 Å². The van der Waals surface area contributed by atoms with Crippen molar-refractivity contribution in [3.05, 3.63) is 0 Å². The normalized spacial score (nSPS) is 41.7. The molecule has 1 rings (SSSR count). The maximum Gasteiger partial charge on any atom is 0.0238 e. The minimum atomic E-state index is 0.559. The summed E-state index contributed by atoms with van der Waals surface area (Å²) in [5.41, 5.74) is 2.88. The zero-order valence-corrected chi connectivity index (χ0v) is 6.93. The Kier molecular flexibility index (Phi) is 2.69. The van der Waals surface area contributed by atoms with Gasteiger partial charge in [0.15, 0.2) is 0 Å². The lowest BCUT2D eigenvalue weighted by Gasteiger charge is -2.33. The van der Waals surface area contributed by atoms with E-state index in [1.165, 1.54) is 19.3 Å². The lowest BCUT2D eigenvalue weighted by Crippen LogP contribution is -2.44. The van der Waals surface area contributed by atoms with Gasteiger partial charge in [-0.05, 0) is 18.3 Å². The zero-order chi connectivity index (χ0) is 7.56. The van der Waals surface area contributed by atoms with Gasteiger partial charge >= 0.3 is 0 Å². The molecule has 2 nitrogen and oxygen atoms in total. The first kappa shape index (κ1) is 8.02. The number of hydrazine groups is 1. The number of rotatable bonds is 1. The molecule has 1 aliphatic rings. The fourth-order valence-electron chi connectivity index (χ4n) is 1.82. The van der Waals surface area contributed by atoms with E-state index in [2.05, 4.69) is 19.3 Å². The van der Waals surface area contributed by atoms with Crippen LogP contribution in [0, 0.1) is 11.8 Å². The van der Waals surface area contributed by atoms with Crippen molar-refractivity contribution in [3.8, 4) is 0 Å². The molecule has 0 heterocycles. The van der Waals surface area contributed by atoms with E-state index in [4.69, 9.17) is 5.84 Å². The fourth-order valence-corrected chi connectivity index (χ4v) is 1.82. The third-order valence-electron chi connectivity index (χ3n) is 2.92. The van der Waals surface area contributed by atoms with Crippen LogP contribution in [0.3, 0.4) is 0 Å². The van der Waals surface area contributed by atoms with Crippen LogP contribution in [0.5, 0.6) is 0 Å². The smallest absolute Gasteiger partial charge is 0.0238 e. The van der Waals surface area contributed by atoms with E-state index in [1.54, 1.807) is 0 Å². The largest absolute Gasteiger partial charge is 0.271 e. The third kappa shape index (κ3) is 1.50. The molecule has 0 aliphatic heterocycles. The highest BCUT2D eigenvalue weighted by molar-refractivity contribution is 4.80. The summed E-state index contributed by atoms with van der Waals surface area (Å²) in [5, 5.41) is 0. The summed E-state index contributed by atoms with van der Waals surface area (Å²) in [4.78, 5) is 0. The van der Waals surface area contributed by atoms with Crippen molar-refractivity contribution in [1.29, 1.82) is 0 Å². The molecule has 1 aliphatic carbocycles. The molecule has 0 unspecified atom stereocenters. The van der Waals surface area contributed by atoms with Crippen molar-refractivity contribution < 1.29 is 0 Å². The van der Waals surface area contributed by atoms with E-state index in [0.717, 1.165) is 11.8 Å². The first-order chi connectivity index (χ1) is 4.75. The molecule has 0 aromatic carbocycles. The SMILES string of the molecule is C[C@@H]1[C@H](C)CCC[C@H]1NN. The lowest BCUT2D eigenvalue weighted by atomic mass is 9.78. The summed E-state index contributed by atoms with van der Waals surface area (Å²) < 4.78 is 0. The van der Waals surface area contributed by atoms with Crippen LogP contribution in [0.25, 0.3) is 0 Å². The molecular formula is C8H18N2. The standard InChI is InChI=1S/C8H18N2/c1-6-4-3-5-8(10-9)7(6)2/h6-8,10H,3-5,9H2,1-2H3/t6-,7-,8-/m1/s1. The van der Waals surface area contributed by atoms with E-state index >= 15 is 0 Å². The molecule has 0 aromatic rings. The average Bonchev–Trinajstić information content (AvgIpc) is 1.95. The predicted octanol–water partition coefficient (Wildman–Crippen LogP) is 1.27. The highest BCUT2D eigenvalue weighted by atomic mass is 15.2. The van der Waals surface area contributed by atoms with Crippen molar-refractivity contribution in [2.24, 2.45) is 17.7 Å². The predicted molar refractivity (Wildman–Crippen MR) is 43.3 cm³/mol. The molecule has 1 fully saturated rings. The number of nitrogens with one attached hydrogen (secondary N) is 1. The fraction of sp³-hybridized carbons (Fsp3) is 1.00. The summed E-state index contributed by atoms with van der Waals surface area (Å²) in [6.45, 7) is 4.60. The lowest BCUT2D eigenvalue weighted by molar-refractivity contribution is 0.208. The van der Waals surface area contributed by atoms with Crippen LogP contribution in [0.2, 0.25) is 0 Å². The van der Waals surface area contributed by atoms with Gasteiger partial charge in [-0.1, -0.05) is 26.7 Å². The monoisotopic (exact) mass is 142 g/mol. The van der Waals surface area contributed by atoms with Crippen LogP contribution in [0.1, 0.15) is 33.1 Å². The highest BCUT2D eigenvalue weighted by Crippen LogP contribution is 2.28.